The molecule has 0 saturated heterocycles. The number of benzene rings is 3. The van der Waals surface area contributed by atoms with Crippen LogP contribution in [0.15, 0.2) is 60.7 Å². The maximum absolute atomic E-state index is 12.0. The molecule has 0 bridgehead atoms. The Hall–Kier alpha value is -2.53. The Balaban J connectivity index is 1.88. The predicted molar refractivity (Wildman–Crippen MR) is 89.2 cm³/mol. The van der Waals surface area contributed by atoms with Crippen LogP contribution in [0.25, 0.3) is 10.8 Å². The van der Waals surface area contributed by atoms with E-state index >= 15 is 0 Å². The Kier molecular flexibility index (Phi) is 3.98. The van der Waals surface area contributed by atoms with Crippen molar-refractivity contribution in [3.63, 3.8) is 0 Å². The lowest BCUT2D eigenvalue weighted by atomic mass is 10.0. The van der Waals surface area contributed by atoms with Gasteiger partial charge >= 0.3 is 11.3 Å². The van der Waals surface area contributed by atoms with Crippen molar-refractivity contribution in [3.05, 3.63) is 66.2 Å². The quantitative estimate of drug-likeness (QED) is 0.718. The van der Waals surface area contributed by atoms with Gasteiger partial charge in [0.25, 0.3) is 0 Å². The topological polar surface area (TPSA) is 58.6 Å². The van der Waals surface area contributed by atoms with Crippen LogP contribution in [0.5, 0.6) is 11.5 Å². The number of aryl methyl sites for hydroxylation is 1. The highest BCUT2D eigenvalue weighted by Crippen LogP contribution is 2.35. The van der Waals surface area contributed by atoms with Gasteiger partial charge in [-0.1, -0.05) is 42.5 Å². The smallest absolute Gasteiger partial charge is 0.316 e. The summed E-state index contributed by atoms with van der Waals surface area (Å²) in [4.78, 5) is 0. The van der Waals surface area contributed by atoms with Crippen LogP contribution < -0.4 is 8.91 Å². The largest absolute Gasteiger partial charge is 0.505 e. The number of hydrogen-bond donors (Lipinski definition) is 2. The molecule has 0 aromatic heterocycles. The van der Waals surface area contributed by atoms with E-state index in [9.17, 15) is 9.32 Å². The Bertz CT molecular complexity index is 834. The van der Waals surface area contributed by atoms with Crippen molar-refractivity contribution in [1.82, 2.24) is 0 Å². The van der Waals surface area contributed by atoms with Gasteiger partial charge in [-0.2, -0.15) is 4.21 Å². The van der Waals surface area contributed by atoms with Gasteiger partial charge in [-0.15, -0.1) is 0 Å². The second kappa shape index (κ2) is 6.07. The second-order valence-corrected chi connectivity index (χ2v) is 5.71. The van der Waals surface area contributed by atoms with E-state index in [1.54, 1.807) is 30.3 Å². The van der Waals surface area contributed by atoms with Gasteiger partial charge in [0.05, 0.1) is 5.69 Å². The summed E-state index contributed by atoms with van der Waals surface area (Å²) in [5.74, 6) is 0.552. The molecule has 0 saturated carbocycles. The van der Waals surface area contributed by atoms with Crippen LogP contribution in [0.2, 0.25) is 0 Å². The van der Waals surface area contributed by atoms with E-state index in [1.807, 2.05) is 37.3 Å². The molecule has 0 spiro atoms. The first-order chi connectivity index (χ1) is 10.6. The van der Waals surface area contributed by atoms with Crippen LogP contribution in [-0.4, -0.2) is 9.32 Å². The second-order valence-electron chi connectivity index (χ2n) is 4.87. The summed E-state index contributed by atoms with van der Waals surface area (Å²) in [6, 6.07) is 18.1. The van der Waals surface area contributed by atoms with E-state index < -0.39 is 11.3 Å². The van der Waals surface area contributed by atoms with Crippen molar-refractivity contribution in [2.75, 3.05) is 4.72 Å². The third-order valence-corrected chi connectivity index (χ3v) is 4.06. The van der Waals surface area contributed by atoms with Crippen LogP contribution >= 0.6 is 0 Å². The Labute approximate surface area is 131 Å². The van der Waals surface area contributed by atoms with Crippen molar-refractivity contribution in [2.24, 2.45) is 0 Å². The third-order valence-electron chi connectivity index (χ3n) is 3.33. The van der Waals surface area contributed by atoms with Crippen molar-refractivity contribution in [2.45, 2.75) is 6.92 Å². The Morgan fingerprint density at radius 3 is 2.36 bits per heavy atom. The molecular weight excluding hydrogens is 298 g/mol. The molecule has 0 aliphatic carbocycles. The van der Waals surface area contributed by atoms with Crippen LogP contribution in [0.3, 0.4) is 0 Å². The fourth-order valence-electron chi connectivity index (χ4n) is 2.29. The number of nitrogens with one attached hydrogen (secondary N) is 1. The van der Waals surface area contributed by atoms with E-state index in [0.29, 0.717) is 16.8 Å². The zero-order valence-corrected chi connectivity index (χ0v) is 12.8. The number of para-hydroxylation sites is 1. The summed E-state index contributed by atoms with van der Waals surface area (Å²) in [5, 5.41) is 12.0. The molecule has 0 aliphatic heterocycles. The summed E-state index contributed by atoms with van der Waals surface area (Å²) in [7, 11) is 0. The molecule has 0 aliphatic rings. The fraction of sp³-hybridized carbons (Fsp3) is 0.0588. The standard InChI is InChI=1S/C17H15NO3S/c1-12-11-16(17(19)15-10-6-5-9-14(12)15)18-22(20)21-13-7-3-2-4-8-13/h2-11,18-19H,1H3. The van der Waals surface area contributed by atoms with Gasteiger partial charge < -0.3 is 9.29 Å². The van der Waals surface area contributed by atoms with Gasteiger partial charge in [0.1, 0.15) is 11.5 Å². The van der Waals surface area contributed by atoms with Crippen molar-refractivity contribution >= 4 is 27.7 Å². The van der Waals surface area contributed by atoms with Gasteiger partial charge in [0.15, 0.2) is 0 Å². The van der Waals surface area contributed by atoms with Gasteiger partial charge in [-0.05, 0) is 36.1 Å². The number of anilines is 1. The van der Waals surface area contributed by atoms with Crippen LogP contribution in [0.4, 0.5) is 5.69 Å². The SMILES string of the molecule is Cc1cc(NS(=O)Oc2ccccc2)c(O)c2ccccc12. The summed E-state index contributed by atoms with van der Waals surface area (Å²) in [6.07, 6.45) is 0. The zero-order chi connectivity index (χ0) is 15.5. The first-order valence-electron chi connectivity index (χ1n) is 6.78. The summed E-state index contributed by atoms with van der Waals surface area (Å²) >= 11 is -1.79. The lowest BCUT2D eigenvalue weighted by Crippen LogP contribution is -2.11. The molecular formula is C17H15NO3S. The van der Waals surface area contributed by atoms with E-state index in [-0.39, 0.29) is 5.75 Å². The van der Waals surface area contributed by atoms with Crippen LogP contribution in [0.1, 0.15) is 5.56 Å². The Morgan fingerprint density at radius 1 is 1.00 bits per heavy atom. The molecule has 2 N–H and O–H groups in total. The molecule has 1 atom stereocenters. The predicted octanol–water partition coefficient (Wildman–Crippen LogP) is 3.92. The van der Waals surface area contributed by atoms with Crippen LogP contribution in [-0.2, 0) is 11.3 Å². The highest BCUT2D eigenvalue weighted by atomic mass is 32.2. The van der Waals surface area contributed by atoms with Gasteiger partial charge in [-0.25, -0.2) is 0 Å². The first kappa shape index (κ1) is 14.4. The Morgan fingerprint density at radius 2 is 1.64 bits per heavy atom. The molecule has 1 unspecified atom stereocenters. The molecule has 0 radical (unpaired) electrons. The highest BCUT2D eigenvalue weighted by molar-refractivity contribution is 7.82. The molecule has 22 heavy (non-hydrogen) atoms. The van der Waals surface area contributed by atoms with E-state index in [4.69, 9.17) is 4.18 Å². The molecule has 0 amide bonds. The highest BCUT2D eigenvalue weighted by Gasteiger charge is 2.12. The number of hydrogen-bond acceptors (Lipinski definition) is 3. The monoisotopic (exact) mass is 313 g/mol. The lowest BCUT2D eigenvalue weighted by Gasteiger charge is -2.12. The number of phenols is 1. The number of rotatable bonds is 4. The maximum Gasteiger partial charge on any atom is 0.316 e. The third kappa shape index (κ3) is 2.89. The molecule has 0 fully saturated rings. The van der Waals surface area contributed by atoms with Crippen molar-refractivity contribution in [3.8, 4) is 11.5 Å². The summed E-state index contributed by atoms with van der Waals surface area (Å²) in [5.41, 5.74) is 1.36. The van der Waals surface area contributed by atoms with Crippen molar-refractivity contribution in [1.29, 1.82) is 0 Å². The molecule has 0 heterocycles. The molecule has 4 nitrogen and oxygen atoms in total. The average Bonchev–Trinajstić information content (AvgIpc) is 2.53. The minimum absolute atomic E-state index is 0.0613. The summed E-state index contributed by atoms with van der Waals surface area (Å²) in [6.45, 7) is 1.94. The maximum atomic E-state index is 12.0. The number of phenolic OH excluding ortho intramolecular Hbond substituents is 1. The van der Waals surface area contributed by atoms with Gasteiger partial charge in [-0.3, -0.25) is 4.72 Å². The van der Waals surface area contributed by atoms with Gasteiger partial charge in [0.2, 0.25) is 0 Å². The number of aromatic hydroxyl groups is 1. The van der Waals surface area contributed by atoms with Gasteiger partial charge in [0, 0.05) is 5.39 Å². The molecule has 5 heteroatoms. The zero-order valence-electron chi connectivity index (χ0n) is 11.9. The number of fused-ring (bicyclic) bond motifs is 1. The minimum atomic E-state index is -1.79. The molecule has 3 rings (SSSR count). The van der Waals surface area contributed by atoms with E-state index in [1.165, 1.54) is 0 Å². The fourth-order valence-corrected chi connectivity index (χ4v) is 2.96. The molecule has 3 aromatic carbocycles. The molecule has 3 aromatic rings. The summed E-state index contributed by atoms with van der Waals surface area (Å²) < 4.78 is 20.0. The molecule has 112 valence electrons. The van der Waals surface area contributed by atoms with Crippen molar-refractivity contribution < 1.29 is 13.5 Å². The first-order valence-corrected chi connectivity index (χ1v) is 7.86. The normalized spacial score (nSPS) is 12.0. The lowest BCUT2D eigenvalue weighted by molar-refractivity contribution is 0.483. The van der Waals surface area contributed by atoms with E-state index in [0.717, 1.165) is 10.9 Å². The minimum Gasteiger partial charge on any atom is -0.505 e. The van der Waals surface area contributed by atoms with E-state index in [2.05, 4.69) is 4.72 Å². The van der Waals surface area contributed by atoms with Crippen LogP contribution in [0, 0.1) is 6.92 Å². The average molecular weight is 313 g/mol.